The summed E-state index contributed by atoms with van der Waals surface area (Å²) in [5, 5.41) is 0. The minimum atomic E-state index is -0.219. The molecule has 0 N–H and O–H groups in total. The van der Waals surface area contributed by atoms with Gasteiger partial charge >= 0.3 is 0 Å². The zero-order valence-corrected chi connectivity index (χ0v) is 10.3. The molecule has 1 rings (SSSR count). The average Bonchev–Trinajstić information content (AvgIpc) is 1.77. The van der Waals surface area contributed by atoms with E-state index in [1.807, 2.05) is 25.7 Å². The number of rotatable bonds is 0. The van der Waals surface area contributed by atoms with Gasteiger partial charge in [-0.05, 0) is 11.3 Å². The monoisotopic (exact) mass is 197 g/mol. The molecule has 0 atom stereocenters. The highest BCUT2D eigenvalue weighted by Gasteiger charge is 2.40. The van der Waals surface area contributed by atoms with Crippen LogP contribution in [-0.2, 0) is 4.79 Å². The Balaban J connectivity index is 2.47. The van der Waals surface area contributed by atoms with Crippen LogP contribution in [0.25, 0.3) is 0 Å². The van der Waals surface area contributed by atoms with Gasteiger partial charge in [-0.3, -0.25) is 4.79 Å². The van der Waals surface area contributed by atoms with Crippen molar-refractivity contribution in [3.8, 4) is 0 Å². The molecular weight excluding hydrogens is 174 g/mol. The van der Waals surface area contributed by atoms with Crippen molar-refractivity contribution in [2.24, 2.45) is 16.7 Å². The van der Waals surface area contributed by atoms with E-state index < -0.39 is 0 Å². The molecule has 1 saturated heterocycles. The molecule has 0 radical (unpaired) electrons. The van der Waals surface area contributed by atoms with Gasteiger partial charge in [0.05, 0.1) is 0 Å². The van der Waals surface area contributed by atoms with Crippen molar-refractivity contribution >= 4 is 5.91 Å². The molecule has 0 saturated carbocycles. The Morgan fingerprint density at radius 1 is 1.07 bits per heavy atom. The number of hydrogen-bond donors (Lipinski definition) is 0. The van der Waals surface area contributed by atoms with E-state index in [0.29, 0.717) is 11.3 Å². The molecule has 0 spiro atoms. The van der Waals surface area contributed by atoms with Gasteiger partial charge in [0, 0.05) is 18.5 Å². The predicted molar refractivity (Wildman–Crippen MR) is 59.0 cm³/mol. The van der Waals surface area contributed by atoms with Gasteiger partial charge in [0.2, 0.25) is 5.91 Å². The Morgan fingerprint density at radius 3 is 1.79 bits per heavy atom. The molecule has 1 amide bonds. The summed E-state index contributed by atoms with van der Waals surface area (Å²) >= 11 is 0. The normalized spacial score (nSPS) is 19.4. The third kappa shape index (κ3) is 2.28. The summed E-state index contributed by atoms with van der Waals surface area (Å²) in [6.07, 6.45) is 0. The largest absolute Gasteiger partial charge is 0.342 e. The minimum Gasteiger partial charge on any atom is -0.342 e. The van der Waals surface area contributed by atoms with Crippen LogP contribution >= 0.6 is 0 Å². The maximum atomic E-state index is 11.8. The van der Waals surface area contributed by atoms with Gasteiger partial charge in [-0.1, -0.05) is 41.5 Å². The Bertz CT molecular complexity index is 226. The SMILES string of the molecule is CC(C)(C)C(=O)N1CC(C(C)(C)C)C1. The van der Waals surface area contributed by atoms with E-state index in [1.165, 1.54) is 0 Å². The quantitative estimate of drug-likeness (QED) is 0.584. The Kier molecular flexibility index (Phi) is 2.68. The zero-order chi connectivity index (χ0) is 11.1. The van der Waals surface area contributed by atoms with Gasteiger partial charge in [0.15, 0.2) is 0 Å². The fourth-order valence-electron chi connectivity index (χ4n) is 1.67. The molecule has 1 aliphatic rings. The molecule has 1 fully saturated rings. The first-order valence-corrected chi connectivity index (χ1v) is 5.42. The topological polar surface area (TPSA) is 20.3 Å². The molecule has 0 aromatic heterocycles. The van der Waals surface area contributed by atoms with Crippen LogP contribution < -0.4 is 0 Å². The van der Waals surface area contributed by atoms with Crippen LogP contribution in [0.3, 0.4) is 0 Å². The van der Waals surface area contributed by atoms with Gasteiger partial charge < -0.3 is 4.90 Å². The number of hydrogen-bond acceptors (Lipinski definition) is 1. The smallest absolute Gasteiger partial charge is 0.227 e. The number of carbonyl (C=O) groups excluding carboxylic acids is 1. The van der Waals surface area contributed by atoms with E-state index >= 15 is 0 Å². The van der Waals surface area contributed by atoms with Gasteiger partial charge in [0.1, 0.15) is 0 Å². The molecule has 0 bridgehead atoms. The molecule has 0 aromatic carbocycles. The molecule has 1 aliphatic heterocycles. The minimum absolute atomic E-state index is 0.219. The van der Waals surface area contributed by atoms with E-state index in [-0.39, 0.29) is 11.3 Å². The van der Waals surface area contributed by atoms with E-state index in [1.54, 1.807) is 0 Å². The van der Waals surface area contributed by atoms with Crippen LogP contribution in [0.15, 0.2) is 0 Å². The highest BCUT2D eigenvalue weighted by atomic mass is 16.2. The molecule has 1 heterocycles. The van der Waals surface area contributed by atoms with Crippen molar-refractivity contribution in [2.45, 2.75) is 41.5 Å². The summed E-state index contributed by atoms with van der Waals surface area (Å²) in [4.78, 5) is 13.8. The Labute approximate surface area is 87.7 Å². The summed E-state index contributed by atoms with van der Waals surface area (Å²) in [6, 6.07) is 0. The molecule has 0 aromatic rings. The average molecular weight is 197 g/mol. The zero-order valence-electron chi connectivity index (χ0n) is 10.3. The molecule has 82 valence electrons. The fraction of sp³-hybridized carbons (Fsp3) is 0.917. The van der Waals surface area contributed by atoms with Gasteiger partial charge in [-0.25, -0.2) is 0 Å². The Hall–Kier alpha value is -0.530. The lowest BCUT2D eigenvalue weighted by atomic mass is 9.75. The maximum Gasteiger partial charge on any atom is 0.227 e. The van der Waals surface area contributed by atoms with Gasteiger partial charge in [-0.2, -0.15) is 0 Å². The fourth-order valence-corrected chi connectivity index (χ4v) is 1.67. The number of likely N-dealkylation sites (tertiary alicyclic amines) is 1. The molecular formula is C12H23NO. The summed E-state index contributed by atoms with van der Waals surface area (Å²) in [5.74, 6) is 0.965. The third-order valence-corrected chi connectivity index (χ3v) is 3.04. The molecule has 2 heteroatoms. The lowest BCUT2D eigenvalue weighted by Crippen LogP contribution is -2.57. The van der Waals surface area contributed by atoms with Crippen molar-refractivity contribution in [3.05, 3.63) is 0 Å². The molecule has 0 aliphatic carbocycles. The second-order valence-corrected chi connectivity index (χ2v) is 6.52. The van der Waals surface area contributed by atoms with E-state index in [4.69, 9.17) is 0 Å². The van der Waals surface area contributed by atoms with Gasteiger partial charge in [-0.15, -0.1) is 0 Å². The first-order chi connectivity index (χ1) is 6.12. The van der Waals surface area contributed by atoms with E-state index in [2.05, 4.69) is 20.8 Å². The Morgan fingerprint density at radius 2 is 1.50 bits per heavy atom. The van der Waals surface area contributed by atoms with Gasteiger partial charge in [0.25, 0.3) is 0 Å². The number of carbonyl (C=O) groups is 1. The lowest BCUT2D eigenvalue weighted by molar-refractivity contribution is -0.148. The van der Waals surface area contributed by atoms with Crippen molar-refractivity contribution in [3.63, 3.8) is 0 Å². The van der Waals surface area contributed by atoms with E-state index in [0.717, 1.165) is 13.1 Å². The molecule has 2 nitrogen and oxygen atoms in total. The van der Waals surface area contributed by atoms with Crippen LogP contribution in [0.2, 0.25) is 0 Å². The molecule has 14 heavy (non-hydrogen) atoms. The van der Waals surface area contributed by atoms with Crippen molar-refractivity contribution < 1.29 is 4.79 Å². The molecule has 0 unspecified atom stereocenters. The summed E-state index contributed by atoms with van der Waals surface area (Å²) in [5.41, 5.74) is 0.123. The number of amides is 1. The maximum absolute atomic E-state index is 11.8. The first-order valence-electron chi connectivity index (χ1n) is 5.42. The van der Waals surface area contributed by atoms with Crippen molar-refractivity contribution in [2.75, 3.05) is 13.1 Å². The lowest BCUT2D eigenvalue weighted by Gasteiger charge is -2.48. The summed E-state index contributed by atoms with van der Waals surface area (Å²) in [6.45, 7) is 14.6. The summed E-state index contributed by atoms with van der Waals surface area (Å²) in [7, 11) is 0. The predicted octanol–water partition coefficient (Wildman–Crippen LogP) is 2.54. The summed E-state index contributed by atoms with van der Waals surface area (Å²) < 4.78 is 0. The third-order valence-electron chi connectivity index (χ3n) is 3.04. The highest BCUT2D eigenvalue weighted by Crippen LogP contribution is 2.35. The van der Waals surface area contributed by atoms with Crippen LogP contribution in [0.4, 0.5) is 0 Å². The highest BCUT2D eigenvalue weighted by molar-refractivity contribution is 5.82. The second-order valence-electron chi connectivity index (χ2n) is 6.52. The van der Waals surface area contributed by atoms with Crippen molar-refractivity contribution in [1.82, 2.24) is 4.90 Å². The first kappa shape index (κ1) is 11.5. The van der Waals surface area contributed by atoms with Crippen LogP contribution in [-0.4, -0.2) is 23.9 Å². The van der Waals surface area contributed by atoms with Crippen molar-refractivity contribution in [1.29, 1.82) is 0 Å². The van der Waals surface area contributed by atoms with E-state index in [9.17, 15) is 4.79 Å². The number of nitrogens with zero attached hydrogens (tertiary/aromatic N) is 1. The van der Waals surface area contributed by atoms with Crippen LogP contribution in [0.1, 0.15) is 41.5 Å². The van der Waals surface area contributed by atoms with Crippen LogP contribution in [0, 0.1) is 16.7 Å². The standard InChI is InChI=1S/C12H23NO/c1-11(2,3)9-7-13(8-9)10(14)12(4,5)6/h9H,7-8H2,1-6H3. The second kappa shape index (κ2) is 3.25. The van der Waals surface area contributed by atoms with Crippen LogP contribution in [0.5, 0.6) is 0 Å².